The van der Waals surface area contributed by atoms with Gasteiger partial charge < -0.3 is 0 Å². The van der Waals surface area contributed by atoms with Crippen molar-refractivity contribution < 1.29 is 0 Å². The van der Waals surface area contributed by atoms with Crippen LogP contribution in [0.4, 0.5) is 0 Å². The van der Waals surface area contributed by atoms with E-state index in [9.17, 15) is 0 Å². The summed E-state index contributed by atoms with van der Waals surface area (Å²) in [4.78, 5) is 1.47. The Bertz CT molecular complexity index is 607. The molecular weight excluding hydrogens is 276 g/mol. The first-order valence-corrected chi connectivity index (χ1v) is 8.83. The summed E-state index contributed by atoms with van der Waals surface area (Å²) in [5.41, 5.74) is 6.28. The van der Waals surface area contributed by atoms with Crippen molar-refractivity contribution in [2.45, 2.75) is 37.6 Å². The minimum Gasteiger partial charge on any atom is -0.271 e. The van der Waals surface area contributed by atoms with Crippen LogP contribution in [0.1, 0.15) is 34.8 Å². The Kier molecular flexibility index (Phi) is 3.57. The molecule has 0 amide bonds. The van der Waals surface area contributed by atoms with Gasteiger partial charge >= 0.3 is 0 Å². The second-order valence-electron chi connectivity index (χ2n) is 6.40. The molecule has 0 radical (unpaired) electrons. The Hall–Kier alpha value is -1.16. The van der Waals surface area contributed by atoms with E-state index in [1.54, 1.807) is 11.1 Å². The molecule has 2 aliphatic rings. The van der Waals surface area contributed by atoms with E-state index in [0.29, 0.717) is 6.04 Å². The number of thiophene rings is 1. The van der Waals surface area contributed by atoms with Crippen LogP contribution in [-0.2, 0) is 12.8 Å². The number of nitrogens with two attached hydrogens (primary N) is 1. The SMILES string of the molecule is NNC(CCc1cccs1)C1C2CCc3ccccc3C21. The summed E-state index contributed by atoms with van der Waals surface area (Å²) >= 11 is 1.85. The summed E-state index contributed by atoms with van der Waals surface area (Å²) < 4.78 is 0. The maximum Gasteiger partial charge on any atom is 0.0251 e. The number of nitrogens with one attached hydrogen (secondary N) is 1. The van der Waals surface area contributed by atoms with Crippen molar-refractivity contribution in [1.82, 2.24) is 5.43 Å². The molecule has 2 nitrogen and oxygen atoms in total. The van der Waals surface area contributed by atoms with E-state index in [1.807, 2.05) is 11.3 Å². The summed E-state index contributed by atoms with van der Waals surface area (Å²) in [6, 6.07) is 13.8. The predicted octanol–water partition coefficient (Wildman–Crippen LogP) is 3.49. The first-order valence-electron chi connectivity index (χ1n) is 7.95. The topological polar surface area (TPSA) is 38.0 Å². The number of hydrogen-bond donors (Lipinski definition) is 2. The van der Waals surface area contributed by atoms with E-state index in [2.05, 4.69) is 47.2 Å². The van der Waals surface area contributed by atoms with Crippen LogP contribution in [0.25, 0.3) is 0 Å². The fourth-order valence-corrected chi connectivity index (χ4v) is 5.03. The van der Waals surface area contributed by atoms with Gasteiger partial charge in [-0.1, -0.05) is 30.3 Å². The summed E-state index contributed by atoms with van der Waals surface area (Å²) in [6.45, 7) is 0. The number of hydrogen-bond acceptors (Lipinski definition) is 3. The lowest BCUT2D eigenvalue weighted by atomic mass is 9.92. The van der Waals surface area contributed by atoms with Crippen LogP contribution in [-0.4, -0.2) is 6.04 Å². The second-order valence-corrected chi connectivity index (χ2v) is 7.43. The van der Waals surface area contributed by atoms with Crippen LogP contribution in [0.5, 0.6) is 0 Å². The lowest BCUT2D eigenvalue weighted by molar-refractivity contribution is 0.419. The molecule has 1 aromatic heterocycles. The Morgan fingerprint density at radius 2 is 2.14 bits per heavy atom. The third kappa shape index (κ3) is 2.44. The first-order chi connectivity index (χ1) is 10.4. The van der Waals surface area contributed by atoms with Crippen molar-refractivity contribution in [2.75, 3.05) is 0 Å². The molecule has 1 aromatic carbocycles. The lowest BCUT2D eigenvalue weighted by Gasteiger charge is -2.16. The number of hydrazine groups is 1. The van der Waals surface area contributed by atoms with E-state index in [1.165, 1.54) is 17.7 Å². The highest BCUT2D eigenvalue weighted by molar-refractivity contribution is 7.09. The van der Waals surface area contributed by atoms with Gasteiger partial charge in [0.15, 0.2) is 0 Å². The third-order valence-corrected chi connectivity index (χ3v) is 6.29. The predicted molar refractivity (Wildman–Crippen MR) is 88.2 cm³/mol. The average Bonchev–Trinajstić information content (AvgIpc) is 3.02. The Balaban J connectivity index is 1.47. The molecule has 3 N–H and O–H groups in total. The standard InChI is InChI=1S/C18H22N2S/c19-20-16(10-8-13-5-3-11-21-13)18-15-9-7-12-4-1-2-6-14(12)17(15)18/h1-6,11,15-18,20H,7-10,19H2. The lowest BCUT2D eigenvalue weighted by Crippen LogP contribution is -2.38. The summed E-state index contributed by atoms with van der Waals surface area (Å²) in [5, 5.41) is 2.16. The zero-order chi connectivity index (χ0) is 14.2. The fraction of sp³-hybridized carbons (Fsp3) is 0.444. The van der Waals surface area contributed by atoms with Gasteiger partial charge in [-0.05, 0) is 66.0 Å². The second kappa shape index (κ2) is 5.56. The zero-order valence-corrected chi connectivity index (χ0v) is 13.0. The van der Waals surface area contributed by atoms with Crippen molar-refractivity contribution in [3.63, 3.8) is 0 Å². The van der Waals surface area contributed by atoms with Gasteiger partial charge in [0.25, 0.3) is 0 Å². The Morgan fingerprint density at radius 3 is 2.95 bits per heavy atom. The maximum atomic E-state index is 5.88. The fourth-order valence-electron chi connectivity index (χ4n) is 4.31. The first kappa shape index (κ1) is 13.5. The van der Waals surface area contributed by atoms with E-state index >= 15 is 0 Å². The van der Waals surface area contributed by atoms with Crippen molar-refractivity contribution >= 4 is 11.3 Å². The monoisotopic (exact) mass is 298 g/mol. The molecule has 110 valence electrons. The normalized spacial score (nSPS) is 27.8. The highest BCUT2D eigenvalue weighted by atomic mass is 32.1. The molecule has 4 rings (SSSR count). The van der Waals surface area contributed by atoms with Gasteiger partial charge in [-0.3, -0.25) is 11.3 Å². The molecule has 3 heteroatoms. The highest BCUT2D eigenvalue weighted by Crippen LogP contribution is 2.61. The summed E-state index contributed by atoms with van der Waals surface area (Å²) in [5.74, 6) is 8.22. The van der Waals surface area contributed by atoms with Crippen molar-refractivity contribution in [3.8, 4) is 0 Å². The molecule has 0 saturated heterocycles. The third-order valence-electron chi connectivity index (χ3n) is 5.35. The number of aryl methyl sites for hydroxylation is 2. The summed E-state index contributed by atoms with van der Waals surface area (Å²) in [7, 11) is 0. The zero-order valence-electron chi connectivity index (χ0n) is 12.2. The van der Waals surface area contributed by atoms with Crippen molar-refractivity contribution in [2.24, 2.45) is 17.7 Å². The molecule has 1 saturated carbocycles. The molecule has 1 heterocycles. The van der Waals surface area contributed by atoms with Gasteiger partial charge in [0, 0.05) is 10.9 Å². The molecule has 0 spiro atoms. The highest BCUT2D eigenvalue weighted by Gasteiger charge is 2.55. The Labute approximate surface area is 130 Å². The maximum absolute atomic E-state index is 5.88. The minimum atomic E-state index is 0.452. The van der Waals surface area contributed by atoms with Gasteiger partial charge in [0.1, 0.15) is 0 Å². The Morgan fingerprint density at radius 1 is 1.24 bits per heavy atom. The van der Waals surface area contributed by atoms with Gasteiger partial charge in [-0.15, -0.1) is 11.3 Å². The van der Waals surface area contributed by atoms with E-state index in [4.69, 9.17) is 5.84 Å². The minimum absolute atomic E-state index is 0.452. The van der Waals surface area contributed by atoms with Crippen LogP contribution < -0.4 is 11.3 Å². The largest absolute Gasteiger partial charge is 0.271 e. The molecule has 2 aliphatic carbocycles. The molecule has 1 fully saturated rings. The molecular formula is C18H22N2S. The van der Waals surface area contributed by atoms with Gasteiger partial charge in [0.05, 0.1) is 0 Å². The van der Waals surface area contributed by atoms with Crippen molar-refractivity contribution in [1.29, 1.82) is 0 Å². The van der Waals surface area contributed by atoms with E-state index < -0.39 is 0 Å². The van der Waals surface area contributed by atoms with E-state index in [0.717, 1.165) is 30.6 Å². The van der Waals surface area contributed by atoms with Crippen LogP contribution in [0, 0.1) is 11.8 Å². The molecule has 4 atom stereocenters. The smallest absolute Gasteiger partial charge is 0.0251 e. The average molecular weight is 298 g/mol. The van der Waals surface area contributed by atoms with Gasteiger partial charge in [-0.2, -0.15) is 0 Å². The number of fused-ring (bicyclic) bond motifs is 3. The van der Waals surface area contributed by atoms with Gasteiger partial charge in [0.2, 0.25) is 0 Å². The quantitative estimate of drug-likeness (QED) is 0.655. The van der Waals surface area contributed by atoms with Crippen LogP contribution >= 0.6 is 11.3 Å². The van der Waals surface area contributed by atoms with Crippen LogP contribution in [0.15, 0.2) is 41.8 Å². The van der Waals surface area contributed by atoms with Crippen LogP contribution in [0.2, 0.25) is 0 Å². The molecule has 4 unspecified atom stereocenters. The van der Waals surface area contributed by atoms with Crippen LogP contribution in [0.3, 0.4) is 0 Å². The number of benzene rings is 1. The molecule has 0 aliphatic heterocycles. The van der Waals surface area contributed by atoms with Gasteiger partial charge in [-0.25, -0.2) is 0 Å². The van der Waals surface area contributed by atoms with Crippen molar-refractivity contribution in [3.05, 3.63) is 57.8 Å². The molecule has 0 bridgehead atoms. The van der Waals surface area contributed by atoms with E-state index in [-0.39, 0.29) is 0 Å². The number of rotatable bonds is 5. The molecule has 21 heavy (non-hydrogen) atoms. The molecule has 2 aromatic rings. The summed E-state index contributed by atoms with van der Waals surface area (Å²) in [6.07, 6.45) is 4.88.